The van der Waals surface area contributed by atoms with Crippen molar-refractivity contribution in [3.8, 4) is 11.5 Å². The van der Waals surface area contributed by atoms with Crippen LogP contribution in [0.15, 0.2) is 42.5 Å². The molecule has 1 heterocycles. The Morgan fingerprint density at radius 2 is 1.89 bits per heavy atom. The molecule has 0 saturated carbocycles. The first-order valence-electron chi connectivity index (χ1n) is 9.62. The van der Waals surface area contributed by atoms with E-state index in [1.807, 2.05) is 18.2 Å². The maximum absolute atomic E-state index is 12.5. The van der Waals surface area contributed by atoms with Crippen LogP contribution in [0.4, 0.5) is 0 Å². The fraction of sp³-hybridized carbons (Fsp3) is 0.364. The molecule has 28 heavy (non-hydrogen) atoms. The van der Waals surface area contributed by atoms with Gasteiger partial charge in [-0.25, -0.2) is 4.98 Å². The van der Waals surface area contributed by atoms with Gasteiger partial charge in [-0.3, -0.25) is 4.79 Å². The van der Waals surface area contributed by atoms with Crippen molar-refractivity contribution in [2.24, 2.45) is 0 Å². The molecule has 6 nitrogen and oxygen atoms in total. The van der Waals surface area contributed by atoms with Gasteiger partial charge in [-0.2, -0.15) is 0 Å². The zero-order chi connectivity index (χ0) is 19.9. The molecule has 2 aromatic carbocycles. The zero-order valence-corrected chi connectivity index (χ0v) is 16.7. The van der Waals surface area contributed by atoms with Crippen molar-refractivity contribution in [2.45, 2.75) is 32.7 Å². The molecule has 0 spiro atoms. The number of nitrogens with zero attached hydrogens (tertiary/aromatic N) is 2. The van der Waals surface area contributed by atoms with Gasteiger partial charge in [0.05, 0.1) is 25.3 Å². The molecule has 148 valence electrons. The van der Waals surface area contributed by atoms with Crippen molar-refractivity contribution >= 4 is 16.9 Å². The van der Waals surface area contributed by atoms with E-state index in [0.29, 0.717) is 30.0 Å². The Morgan fingerprint density at radius 3 is 2.64 bits per heavy atom. The molecule has 0 saturated heterocycles. The van der Waals surface area contributed by atoms with Gasteiger partial charge in [0.25, 0.3) is 5.91 Å². The molecule has 3 rings (SSSR count). The average Bonchev–Trinajstić information content (AvgIpc) is 3.08. The van der Waals surface area contributed by atoms with Crippen LogP contribution in [0.1, 0.15) is 35.9 Å². The summed E-state index contributed by atoms with van der Waals surface area (Å²) >= 11 is 0. The Balaban J connectivity index is 1.68. The van der Waals surface area contributed by atoms with Gasteiger partial charge < -0.3 is 19.4 Å². The first-order valence-corrected chi connectivity index (χ1v) is 9.62. The highest BCUT2D eigenvalue weighted by Crippen LogP contribution is 2.27. The quantitative estimate of drug-likeness (QED) is 0.612. The molecule has 0 aliphatic heterocycles. The minimum atomic E-state index is -0.142. The minimum absolute atomic E-state index is 0.142. The number of unbranched alkanes of at least 4 members (excludes halogenated alkanes) is 1. The minimum Gasteiger partial charge on any atom is -0.493 e. The lowest BCUT2D eigenvalue weighted by atomic mass is 10.2. The predicted octanol–water partition coefficient (Wildman–Crippen LogP) is 3.83. The van der Waals surface area contributed by atoms with Crippen LogP contribution in [0, 0.1) is 0 Å². The summed E-state index contributed by atoms with van der Waals surface area (Å²) in [5.74, 6) is 2.00. The van der Waals surface area contributed by atoms with Crippen LogP contribution in [-0.2, 0) is 13.0 Å². The topological polar surface area (TPSA) is 65.4 Å². The van der Waals surface area contributed by atoms with E-state index in [4.69, 9.17) is 14.5 Å². The first kappa shape index (κ1) is 19.7. The SMILES string of the molecule is CCCCn1c(CCNC(=O)c2ccc(OC)c(OC)c2)nc2ccccc21. The third-order valence-corrected chi connectivity index (χ3v) is 4.75. The van der Waals surface area contributed by atoms with E-state index in [9.17, 15) is 4.79 Å². The zero-order valence-electron chi connectivity index (χ0n) is 16.7. The fourth-order valence-electron chi connectivity index (χ4n) is 3.25. The Morgan fingerprint density at radius 1 is 1.11 bits per heavy atom. The summed E-state index contributed by atoms with van der Waals surface area (Å²) < 4.78 is 12.8. The lowest BCUT2D eigenvalue weighted by Crippen LogP contribution is -2.26. The maximum atomic E-state index is 12.5. The van der Waals surface area contributed by atoms with Gasteiger partial charge in [0.1, 0.15) is 5.82 Å². The van der Waals surface area contributed by atoms with E-state index < -0.39 is 0 Å². The number of benzene rings is 2. The number of hydrogen-bond donors (Lipinski definition) is 1. The van der Waals surface area contributed by atoms with E-state index in [1.165, 1.54) is 0 Å². The number of methoxy groups -OCH3 is 2. The molecule has 0 fully saturated rings. The number of carbonyl (C=O) groups is 1. The molecule has 0 unspecified atom stereocenters. The van der Waals surface area contributed by atoms with Crippen LogP contribution in [0.3, 0.4) is 0 Å². The van der Waals surface area contributed by atoms with E-state index in [2.05, 4.69) is 22.9 Å². The smallest absolute Gasteiger partial charge is 0.251 e. The Bertz CT molecular complexity index is 949. The molecule has 1 aromatic heterocycles. The summed E-state index contributed by atoms with van der Waals surface area (Å²) in [6, 6.07) is 13.3. The van der Waals surface area contributed by atoms with E-state index in [1.54, 1.807) is 32.4 Å². The second kappa shape index (κ2) is 9.26. The number of rotatable bonds is 9. The molecular weight excluding hydrogens is 354 g/mol. The highest BCUT2D eigenvalue weighted by atomic mass is 16.5. The number of imidazole rings is 1. The second-order valence-electron chi connectivity index (χ2n) is 6.60. The number of amides is 1. The second-order valence-corrected chi connectivity index (χ2v) is 6.60. The highest BCUT2D eigenvalue weighted by Gasteiger charge is 2.13. The molecule has 0 atom stereocenters. The van der Waals surface area contributed by atoms with Crippen molar-refractivity contribution in [1.82, 2.24) is 14.9 Å². The van der Waals surface area contributed by atoms with Crippen LogP contribution in [0.5, 0.6) is 11.5 Å². The van der Waals surface area contributed by atoms with Gasteiger partial charge in [-0.05, 0) is 36.8 Å². The van der Waals surface area contributed by atoms with Crippen molar-refractivity contribution < 1.29 is 14.3 Å². The number of fused-ring (bicyclic) bond motifs is 1. The van der Waals surface area contributed by atoms with Gasteiger partial charge in [0, 0.05) is 25.1 Å². The van der Waals surface area contributed by atoms with Crippen LogP contribution < -0.4 is 14.8 Å². The van der Waals surface area contributed by atoms with Gasteiger partial charge >= 0.3 is 0 Å². The highest BCUT2D eigenvalue weighted by molar-refractivity contribution is 5.94. The average molecular weight is 381 g/mol. The summed E-state index contributed by atoms with van der Waals surface area (Å²) in [7, 11) is 3.13. The molecule has 1 N–H and O–H groups in total. The Labute approximate surface area is 165 Å². The van der Waals surface area contributed by atoms with Crippen LogP contribution >= 0.6 is 0 Å². The molecule has 6 heteroatoms. The monoisotopic (exact) mass is 381 g/mol. The van der Waals surface area contributed by atoms with Crippen LogP contribution in [-0.4, -0.2) is 36.2 Å². The molecule has 0 aliphatic rings. The number of ether oxygens (including phenoxy) is 2. The third kappa shape index (κ3) is 4.27. The summed E-state index contributed by atoms with van der Waals surface area (Å²) in [6.45, 7) is 3.64. The molecule has 0 aliphatic carbocycles. The van der Waals surface area contributed by atoms with Crippen LogP contribution in [0.25, 0.3) is 11.0 Å². The van der Waals surface area contributed by atoms with E-state index in [0.717, 1.165) is 36.2 Å². The van der Waals surface area contributed by atoms with Gasteiger partial charge in [0.15, 0.2) is 11.5 Å². The van der Waals surface area contributed by atoms with Crippen molar-refractivity contribution in [3.05, 3.63) is 53.9 Å². The molecule has 3 aromatic rings. The molecule has 0 radical (unpaired) electrons. The number of aromatic nitrogens is 2. The number of hydrogen-bond acceptors (Lipinski definition) is 4. The number of carbonyl (C=O) groups excluding carboxylic acids is 1. The Hall–Kier alpha value is -3.02. The maximum Gasteiger partial charge on any atom is 0.251 e. The lowest BCUT2D eigenvalue weighted by Gasteiger charge is -2.11. The summed E-state index contributed by atoms with van der Waals surface area (Å²) in [6.07, 6.45) is 2.91. The molecular formula is C22H27N3O3. The van der Waals surface area contributed by atoms with Crippen LogP contribution in [0.2, 0.25) is 0 Å². The largest absolute Gasteiger partial charge is 0.493 e. The summed E-state index contributed by atoms with van der Waals surface area (Å²) in [5.41, 5.74) is 2.69. The predicted molar refractivity (Wildman–Crippen MR) is 110 cm³/mol. The number of para-hydroxylation sites is 2. The third-order valence-electron chi connectivity index (χ3n) is 4.75. The summed E-state index contributed by atoms with van der Waals surface area (Å²) in [5, 5.41) is 2.98. The standard InChI is InChI=1S/C22H27N3O3/c1-4-5-14-25-18-9-7-6-8-17(18)24-21(25)12-13-23-22(26)16-10-11-19(27-2)20(15-16)28-3/h6-11,15H,4-5,12-14H2,1-3H3,(H,23,26). The molecule has 1 amide bonds. The summed E-state index contributed by atoms with van der Waals surface area (Å²) in [4.78, 5) is 17.3. The molecule has 0 bridgehead atoms. The van der Waals surface area contributed by atoms with Gasteiger partial charge in [0.2, 0.25) is 0 Å². The van der Waals surface area contributed by atoms with Crippen molar-refractivity contribution in [1.29, 1.82) is 0 Å². The fourth-order valence-corrected chi connectivity index (χ4v) is 3.25. The number of nitrogens with one attached hydrogen (secondary N) is 1. The van der Waals surface area contributed by atoms with E-state index in [-0.39, 0.29) is 5.91 Å². The van der Waals surface area contributed by atoms with Crippen molar-refractivity contribution in [2.75, 3.05) is 20.8 Å². The van der Waals surface area contributed by atoms with Gasteiger partial charge in [-0.15, -0.1) is 0 Å². The number of aryl methyl sites for hydroxylation is 1. The van der Waals surface area contributed by atoms with E-state index >= 15 is 0 Å². The Kier molecular flexibility index (Phi) is 6.53. The normalized spacial score (nSPS) is 10.8. The lowest BCUT2D eigenvalue weighted by molar-refractivity contribution is 0.0953. The first-order chi connectivity index (χ1) is 13.7. The van der Waals surface area contributed by atoms with Gasteiger partial charge in [-0.1, -0.05) is 25.5 Å². The van der Waals surface area contributed by atoms with Crippen molar-refractivity contribution in [3.63, 3.8) is 0 Å².